The Morgan fingerprint density at radius 3 is 2.48 bits per heavy atom. The Bertz CT molecular complexity index is 798. The Kier molecular flexibility index (Phi) is 3.33. The van der Waals surface area contributed by atoms with Crippen molar-refractivity contribution in [2.75, 3.05) is 0 Å². The molecule has 2 aromatic rings. The number of fused-ring (bicyclic) bond motifs is 1. The largest absolute Gasteiger partial charge is 0.439 e. The van der Waals surface area contributed by atoms with E-state index in [4.69, 9.17) is 16.0 Å². The SMILES string of the molecule is CC(C)(C)c1nc2ccc(Cl)c(S(=O)(=O)C3CCC3)c2o1. The number of rotatable bonds is 2. The van der Waals surface area contributed by atoms with Gasteiger partial charge in [-0.05, 0) is 25.0 Å². The Morgan fingerprint density at radius 2 is 1.95 bits per heavy atom. The lowest BCUT2D eigenvalue weighted by molar-refractivity contribution is 0.408. The number of nitrogens with zero attached hydrogens (tertiary/aromatic N) is 1. The highest BCUT2D eigenvalue weighted by Crippen LogP contribution is 2.39. The molecule has 0 N–H and O–H groups in total. The van der Waals surface area contributed by atoms with Crippen LogP contribution in [-0.2, 0) is 15.3 Å². The highest BCUT2D eigenvalue weighted by atomic mass is 35.5. The smallest absolute Gasteiger partial charge is 0.200 e. The summed E-state index contributed by atoms with van der Waals surface area (Å²) in [6, 6.07) is 3.29. The molecule has 6 heteroatoms. The third kappa shape index (κ3) is 2.36. The van der Waals surface area contributed by atoms with Crippen LogP contribution in [-0.4, -0.2) is 18.7 Å². The van der Waals surface area contributed by atoms with Crippen molar-refractivity contribution in [3.8, 4) is 0 Å². The number of hydrogen-bond donors (Lipinski definition) is 0. The number of halogens is 1. The van der Waals surface area contributed by atoms with Crippen molar-refractivity contribution in [2.45, 2.75) is 55.6 Å². The maximum atomic E-state index is 12.7. The monoisotopic (exact) mass is 327 g/mol. The summed E-state index contributed by atoms with van der Waals surface area (Å²) in [4.78, 5) is 4.52. The summed E-state index contributed by atoms with van der Waals surface area (Å²) >= 11 is 6.17. The molecule has 1 heterocycles. The molecule has 114 valence electrons. The van der Waals surface area contributed by atoms with E-state index < -0.39 is 9.84 Å². The highest BCUT2D eigenvalue weighted by Gasteiger charge is 2.37. The first kappa shape index (κ1) is 14.9. The summed E-state index contributed by atoms with van der Waals surface area (Å²) in [5.74, 6) is 0.518. The number of benzene rings is 1. The molecule has 1 saturated carbocycles. The van der Waals surface area contributed by atoms with E-state index in [0.717, 1.165) is 6.42 Å². The zero-order valence-electron chi connectivity index (χ0n) is 12.3. The van der Waals surface area contributed by atoms with Gasteiger partial charge in [-0.2, -0.15) is 0 Å². The van der Waals surface area contributed by atoms with Gasteiger partial charge in [0.05, 0.1) is 10.3 Å². The first-order valence-corrected chi connectivity index (χ1v) is 8.97. The zero-order valence-corrected chi connectivity index (χ0v) is 13.9. The van der Waals surface area contributed by atoms with E-state index in [1.165, 1.54) is 0 Å². The Balaban J connectivity index is 2.26. The van der Waals surface area contributed by atoms with Crippen molar-refractivity contribution in [3.05, 3.63) is 23.0 Å². The molecule has 4 nitrogen and oxygen atoms in total. The van der Waals surface area contributed by atoms with Gasteiger partial charge in [0.15, 0.2) is 15.4 Å². The second kappa shape index (κ2) is 4.71. The van der Waals surface area contributed by atoms with Crippen LogP contribution in [0.15, 0.2) is 21.4 Å². The van der Waals surface area contributed by atoms with Crippen LogP contribution in [0, 0.1) is 0 Å². The molecule has 0 unspecified atom stereocenters. The molecular weight excluding hydrogens is 310 g/mol. The number of sulfone groups is 1. The van der Waals surface area contributed by atoms with E-state index in [1.54, 1.807) is 12.1 Å². The van der Waals surface area contributed by atoms with Gasteiger partial charge >= 0.3 is 0 Å². The van der Waals surface area contributed by atoms with Gasteiger partial charge in [0.1, 0.15) is 10.4 Å². The molecule has 0 spiro atoms. The van der Waals surface area contributed by atoms with Crippen molar-refractivity contribution in [1.29, 1.82) is 0 Å². The van der Waals surface area contributed by atoms with Crippen LogP contribution in [0.3, 0.4) is 0 Å². The Labute approximate surface area is 129 Å². The van der Waals surface area contributed by atoms with Crippen molar-refractivity contribution >= 4 is 32.5 Å². The lowest BCUT2D eigenvalue weighted by atomic mass is 9.97. The lowest BCUT2D eigenvalue weighted by Crippen LogP contribution is -2.28. The molecule has 0 radical (unpaired) electrons. The van der Waals surface area contributed by atoms with E-state index in [1.807, 2.05) is 20.8 Å². The van der Waals surface area contributed by atoms with E-state index in [9.17, 15) is 8.42 Å². The van der Waals surface area contributed by atoms with Gasteiger partial charge in [-0.3, -0.25) is 0 Å². The standard InChI is InChI=1S/C15H18ClNO3S/c1-15(2,3)14-17-11-8-7-10(16)13(12(11)20-14)21(18,19)9-5-4-6-9/h7-9H,4-6H2,1-3H3. The van der Waals surface area contributed by atoms with E-state index >= 15 is 0 Å². The lowest BCUT2D eigenvalue weighted by Gasteiger charge is -2.25. The first-order valence-electron chi connectivity index (χ1n) is 7.04. The molecule has 1 aliphatic rings. The van der Waals surface area contributed by atoms with Crippen molar-refractivity contribution in [1.82, 2.24) is 4.98 Å². The van der Waals surface area contributed by atoms with Crippen LogP contribution in [0.4, 0.5) is 0 Å². The van der Waals surface area contributed by atoms with Crippen LogP contribution in [0.1, 0.15) is 45.9 Å². The van der Waals surface area contributed by atoms with Crippen LogP contribution in [0.2, 0.25) is 5.02 Å². The molecule has 21 heavy (non-hydrogen) atoms. The normalized spacial score (nSPS) is 17.1. The maximum Gasteiger partial charge on any atom is 0.200 e. The minimum Gasteiger partial charge on any atom is -0.439 e. The molecular formula is C15H18ClNO3S. The second-order valence-electron chi connectivity index (χ2n) is 6.59. The predicted octanol–water partition coefficient (Wildman–Crippen LogP) is 4.10. The molecule has 3 rings (SSSR count). The molecule has 1 aromatic heterocycles. The van der Waals surface area contributed by atoms with Crippen molar-refractivity contribution in [2.24, 2.45) is 0 Å². The molecule has 1 fully saturated rings. The number of oxazole rings is 1. The average Bonchev–Trinajstić information content (AvgIpc) is 2.68. The summed E-state index contributed by atoms with van der Waals surface area (Å²) in [6.07, 6.45) is 2.33. The molecule has 0 aliphatic heterocycles. The van der Waals surface area contributed by atoms with Gasteiger partial charge in [-0.1, -0.05) is 38.8 Å². The predicted molar refractivity (Wildman–Crippen MR) is 82.5 cm³/mol. The summed E-state index contributed by atoms with van der Waals surface area (Å²) < 4.78 is 31.2. The van der Waals surface area contributed by atoms with Gasteiger partial charge < -0.3 is 4.42 Å². The fraction of sp³-hybridized carbons (Fsp3) is 0.533. The third-order valence-corrected chi connectivity index (χ3v) is 6.63. The van der Waals surface area contributed by atoms with Crippen molar-refractivity contribution < 1.29 is 12.8 Å². The molecule has 0 saturated heterocycles. The first-order chi connectivity index (χ1) is 9.71. The zero-order chi connectivity index (χ0) is 15.4. The van der Waals surface area contributed by atoms with Crippen LogP contribution in [0.5, 0.6) is 0 Å². The van der Waals surface area contributed by atoms with Crippen LogP contribution < -0.4 is 0 Å². The molecule has 1 aromatic carbocycles. The Morgan fingerprint density at radius 1 is 1.29 bits per heavy atom. The van der Waals surface area contributed by atoms with Gasteiger partial charge in [0, 0.05) is 5.41 Å². The number of hydrogen-bond acceptors (Lipinski definition) is 4. The molecule has 1 aliphatic carbocycles. The Hall–Kier alpha value is -1.07. The van der Waals surface area contributed by atoms with Gasteiger partial charge in [-0.25, -0.2) is 13.4 Å². The van der Waals surface area contributed by atoms with Gasteiger partial charge in [0.2, 0.25) is 5.89 Å². The van der Waals surface area contributed by atoms with E-state index in [2.05, 4.69) is 4.98 Å². The topological polar surface area (TPSA) is 60.2 Å². The highest BCUT2D eigenvalue weighted by molar-refractivity contribution is 7.92. The van der Waals surface area contributed by atoms with Crippen molar-refractivity contribution in [3.63, 3.8) is 0 Å². The maximum absolute atomic E-state index is 12.7. The van der Waals surface area contributed by atoms with Crippen LogP contribution in [0.25, 0.3) is 11.1 Å². The summed E-state index contributed by atoms with van der Waals surface area (Å²) in [6.45, 7) is 5.91. The van der Waals surface area contributed by atoms with E-state index in [0.29, 0.717) is 29.8 Å². The average molecular weight is 328 g/mol. The van der Waals surface area contributed by atoms with Crippen LogP contribution >= 0.6 is 11.6 Å². The molecule has 0 atom stereocenters. The number of aromatic nitrogens is 1. The molecule has 0 bridgehead atoms. The summed E-state index contributed by atoms with van der Waals surface area (Å²) in [5, 5.41) is -0.130. The third-order valence-electron chi connectivity index (χ3n) is 3.88. The molecule has 0 amide bonds. The fourth-order valence-corrected chi connectivity index (χ4v) is 4.88. The minimum atomic E-state index is -3.46. The quantitative estimate of drug-likeness (QED) is 0.833. The van der Waals surface area contributed by atoms with Gasteiger partial charge in [0.25, 0.3) is 0 Å². The summed E-state index contributed by atoms with van der Waals surface area (Å²) in [7, 11) is -3.46. The second-order valence-corrected chi connectivity index (χ2v) is 9.16. The summed E-state index contributed by atoms with van der Waals surface area (Å²) in [5.41, 5.74) is 0.546. The van der Waals surface area contributed by atoms with Gasteiger partial charge in [-0.15, -0.1) is 0 Å². The fourth-order valence-electron chi connectivity index (χ4n) is 2.38. The van der Waals surface area contributed by atoms with E-state index in [-0.39, 0.29) is 20.6 Å². The minimum absolute atomic E-state index is 0.106.